The summed E-state index contributed by atoms with van der Waals surface area (Å²) in [7, 11) is 0. The van der Waals surface area contributed by atoms with Gasteiger partial charge in [0.1, 0.15) is 0 Å². The van der Waals surface area contributed by atoms with E-state index >= 15 is 0 Å². The lowest BCUT2D eigenvalue weighted by Crippen LogP contribution is -2.33. The fraction of sp³-hybridized carbons (Fsp3) is 0.600. The van der Waals surface area contributed by atoms with Gasteiger partial charge >= 0.3 is 6.18 Å². The third kappa shape index (κ3) is 3.38. The minimum atomic E-state index is -4.39. The Kier molecular flexibility index (Phi) is 4.45. The molecule has 112 valence electrons. The Morgan fingerprint density at radius 2 is 1.90 bits per heavy atom. The Bertz CT molecular complexity index is 449. The van der Waals surface area contributed by atoms with E-state index in [2.05, 4.69) is 6.92 Å². The molecule has 0 saturated carbocycles. The number of hydrogen-bond donors (Lipinski definition) is 1. The van der Waals surface area contributed by atoms with Gasteiger partial charge in [-0.1, -0.05) is 19.8 Å². The molecular weight excluding hydrogens is 265 g/mol. The van der Waals surface area contributed by atoms with Gasteiger partial charge in [0.25, 0.3) is 0 Å². The predicted molar refractivity (Wildman–Crippen MR) is 75.7 cm³/mol. The van der Waals surface area contributed by atoms with E-state index in [-0.39, 0.29) is 5.69 Å². The van der Waals surface area contributed by atoms with Gasteiger partial charge in [0, 0.05) is 24.5 Å². The van der Waals surface area contributed by atoms with Crippen LogP contribution >= 0.6 is 0 Å². The number of nitrogen functional groups attached to an aromatic ring is 1. The number of rotatable bonds is 3. The van der Waals surface area contributed by atoms with Crippen LogP contribution in [0.15, 0.2) is 18.2 Å². The number of anilines is 2. The maximum atomic E-state index is 12.9. The lowest BCUT2D eigenvalue weighted by atomic mass is 9.92. The van der Waals surface area contributed by atoms with Crippen molar-refractivity contribution in [2.45, 2.75) is 38.8 Å². The quantitative estimate of drug-likeness (QED) is 0.839. The van der Waals surface area contributed by atoms with Crippen LogP contribution in [0.25, 0.3) is 0 Å². The molecule has 1 aromatic rings. The Labute approximate surface area is 117 Å². The van der Waals surface area contributed by atoms with E-state index in [4.69, 9.17) is 5.73 Å². The number of nitrogens with zero attached hydrogens (tertiary/aromatic N) is 1. The van der Waals surface area contributed by atoms with Gasteiger partial charge in [-0.05, 0) is 37.0 Å². The monoisotopic (exact) mass is 286 g/mol. The van der Waals surface area contributed by atoms with Crippen LogP contribution in [0, 0.1) is 5.92 Å². The van der Waals surface area contributed by atoms with Crippen LogP contribution in [0.2, 0.25) is 0 Å². The van der Waals surface area contributed by atoms with Crippen LogP contribution < -0.4 is 10.6 Å². The van der Waals surface area contributed by atoms with Crippen LogP contribution in [0.3, 0.4) is 0 Å². The lowest BCUT2D eigenvalue weighted by molar-refractivity contribution is -0.136. The molecule has 1 saturated heterocycles. The molecule has 0 unspecified atom stereocenters. The highest BCUT2D eigenvalue weighted by Crippen LogP contribution is 2.36. The Morgan fingerprint density at radius 3 is 2.45 bits per heavy atom. The van der Waals surface area contributed by atoms with E-state index in [1.807, 2.05) is 4.90 Å². The Morgan fingerprint density at radius 1 is 1.25 bits per heavy atom. The number of alkyl halides is 3. The highest BCUT2D eigenvalue weighted by Gasteiger charge is 2.33. The second kappa shape index (κ2) is 5.94. The van der Waals surface area contributed by atoms with Gasteiger partial charge in [0.15, 0.2) is 0 Å². The maximum Gasteiger partial charge on any atom is 0.418 e. The van der Waals surface area contributed by atoms with E-state index < -0.39 is 11.7 Å². The molecule has 1 aliphatic heterocycles. The van der Waals surface area contributed by atoms with Crippen LogP contribution in [0.1, 0.15) is 38.2 Å². The van der Waals surface area contributed by atoms with Crippen molar-refractivity contribution in [3.8, 4) is 0 Å². The number of benzene rings is 1. The number of hydrogen-bond acceptors (Lipinski definition) is 2. The van der Waals surface area contributed by atoms with Gasteiger partial charge in [0.05, 0.1) is 5.56 Å². The molecule has 0 radical (unpaired) electrons. The molecule has 1 aromatic carbocycles. The third-order valence-electron chi connectivity index (χ3n) is 4.02. The standard InChI is InChI=1S/C15H21F3N2/c1-2-3-11-6-8-20(9-7-11)12-4-5-14(19)13(10-12)15(16,17)18/h4-5,10-11H,2-3,6-9,19H2,1H3. The molecule has 1 aliphatic rings. The minimum absolute atomic E-state index is 0.206. The first-order valence-corrected chi connectivity index (χ1v) is 7.13. The van der Waals surface area contributed by atoms with Crippen molar-refractivity contribution in [2.24, 2.45) is 5.92 Å². The van der Waals surface area contributed by atoms with Gasteiger partial charge in [-0.25, -0.2) is 0 Å². The van der Waals surface area contributed by atoms with E-state index in [1.54, 1.807) is 6.07 Å². The zero-order valence-electron chi connectivity index (χ0n) is 11.7. The van der Waals surface area contributed by atoms with Crippen molar-refractivity contribution in [2.75, 3.05) is 23.7 Å². The van der Waals surface area contributed by atoms with E-state index in [0.29, 0.717) is 11.6 Å². The van der Waals surface area contributed by atoms with Gasteiger partial charge < -0.3 is 10.6 Å². The Balaban J connectivity index is 2.11. The van der Waals surface area contributed by atoms with Crippen molar-refractivity contribution in [1.29, 1.82) is 0 Å². The molecule has 1 fully saturated rings. The first-order chi connectivity index (χ1) is 9.41. The molecule has 5 heteroatoms. The summed E-state index contributed by atoms with van der Waals surface area (Å²) in [5.74, 6) is 0.715. The van der Waals surface area contributed by atoms with Crippen LogP contribution in [-0.2, 0) is 6.18 Å². The normalized spacial score (nSPS) is 17.5. The fourth-order valence-electron chi connectivity index (χ4n) is 2.87. The van der Waals surface area contributed by atoms with Crippen molar-refractivity contribution in [1.82, 2.24) is 0 Å². The molecule has 2 nitrogen and oxygen atoms in total. The van der Waals surface area contributed by atoms with Gasteiger partial charge in [-0.2, -0.15) is 13.2 Å². The summed E-state index contributed by atoms with van der Waals surface area (Å²) in [4.78, 5) is 2.03. The summed E-state index contributed by atoms with van der Waals surface area (Å²) < 4.78 is 38.6. The molecule has 0 aliphatic carbocycles. The first-order valence-electron chi connectivity index (χ1n) is 7.13. The molecule has 0 atom stereocenters. The molecule has 20 heavy (non-hydrogen) atoms. The van der Waals surface area contributed by atoms with Gasteiger partial charge in [-0.15, -0.1) is 0 Å². The SMILES string of the molecule is CCCC1CCN(c2ccc(N)c(C(F)(F)F)c2)CC1. The number of piperidine rings is 1. The summed E-state index contributed by atoms with van der Waals surface area (Å²) in [6.45, 7) is 3.82. The zero-order chi connectivity index (χ0) is 14.8. The highest BCUT2D eigenvalue weighted by atomic mass is 19.4. The summed E-state index contributed by atoms with van der Waals surface area (Å²) in [5, 5.41) is 0. The maximum absolute atomic E-state index is 12.9. The topological polar surface area (TPSA) is 29.3 Å². The molecule has 0 amide bonds. The lowest BCUT2D eigenvalue weighted by Gasteiger charge is -2.34. The third-order valence-corrected chi connectivity index (χ3v) is 4.02. The zero-order valence-corrected chi connectivity index (χ0v) is 11.7. The summed E-state index contributed by atoms with van der Waals surface area (Å²) >= 11 is 0. The van der Waals surface area contributed by atoms with Gasteiger partial charge in [0.2, 0.25) is 0 Å². The molecule has 1 heterocycles. The molecule has 2 rings (SSSR count). The molecule has 0 spiro atoms. The minimum Gasteiger partial charge on any atom is -0.398 e. The summed E-state index contributed by atoms with van der Waals surface area (Å²) in [6, 6.07) is 4.22. The molecule has 0 bridgehead atoms. The van der Waals surface area contributed by atoms with E-state index in [9.17, 15) is 13.2 Å². The van der Waals surface area contributed by atoms with Crippen molar-refractivity contribution < 1.29 is 13.2 Å². The summed E-state index contributed by atoms with van der Waals surface area (Å²) in [6.07, 6.45) is 0.105. The molecule has 0 aromatic heterocycles. The highest BCUT2D eigenvalue weighted by molar-refractivity contribution is 5.59. The van der Waals surface area contributed by atoms with E-state index in [1.165, 1.54) is 25.0 Å². The van der Waals surface area contributed by atoms with Crippen molar-refractivity contribution in [3.05, 3.63) is 23.8 Å². The number of nitrogens with two attached hydrogens (primary N) is 1. The van der Waals surface area contributed by atoms with Crippen molar-refractivity contribution >= 4 is 11.4 Å². The average Bonchev–Trinajstić information content (AvgIpc) is 2.39. The average molecular weight is 286 g/mol. The largest absolute Gasteiger partial charge is 0.418 e. The molecule has 2 N–H and O–H groups in total. The van der Waals surface area contributed by atoms with Crippen molar-refractivity contribution in [3.63, 3.8) is 0 Å². The van der Waals surface area contributed by atoms with Crippen LogP contribution in [0.4, 0.5) is 24.5 Å². The second-order valence-corrected chi connectivity index (χ2v) is 5.49. The van der Waals surface area contributed by atoms with Gasteiger partial charge in [-0.3, -0.25) is 0 Å². The van der Waals surface area contributed by atoms with Crippen LogP contribution in [0.5, 0.6) is 0 Å². The molecular formula is C15H21F3N2. The second-order valence-electron chi connectivity index (χ2n) is 5.49. The smallest absolute Gasteiger partial charge is 0.398 e. The number of halogens is 3. The first kappa shape index (κ1) is 15.0. The summed E-state index contributed by atoms with van der Waals surface area (Å²) in [5.41, 5.74) is 5.12. The van der Waals surface area contributed by atoms with Crippen LogP contribution in [-0.4, -0.2) is 13.1 Å². The van der Waals surface area contributed by atoms with E-state index in [0.717, 1.165) is 25.9 Å². The fourth-order valence-corrected chi connectivity index (χ4v) is 2.87. The Hall–Kier alpha value is -1.39. The predicted octanol–water partition coefficient (Wildman–Crippen LogP) is 4.30.